The van der Waals surface area contributed by atoms with Gasteiger partial charge < -0.3 is 75.7 Å². The molecule has 0 aromatic heterocycles. The summed E-state index contributed by atoms with van der Waals surface area (Å²) in [6.07, 6.45) is 2.53. The van der Waals surface area contributed by atoms with E-state index in [-0.39, 0.29) is 74.9 Å². The Morgan fingerprint density at radius 2 is 1.05 bits per heavy atom. The van der Waals surface area contributed by atoms with E-state index in [0.717, 1.165) is 6.42 Å². The molecule has 1 aliphatic heterocycles. The van der Waals surface area contributed by atoms with Gasteiger partial charge in [-0.2, -0.15) is 0 Å². The maximum absolute atomic E-state index is 14.1. The molecule has 24 heteroatoms. The van der Waals surface area contributed by atoms with Gasteiger partial charge in [0.25, 0.3) is 0 Å². The zero-order chi connectivity index (χ0) is 49.4. The Balaban J connectivity index is 3.37. The fourth-order valence-electron chi connectivity index (χ4n) is 6.74. The number of nitrogens with two attached hydrogens (primary N) is 4. The second kappa shape index (κ2) is 29.6. The highest BCUT2D eigenvalue weighted by Crippen LogP contribution is 2.14. The number of aliphatic hydroxyl groups excluding tert-OH is 1. The van der Waals surface area contributed by atoms with Crippen LogP contribution in [0.5, 0.6) is 0 Å². The Morgan fingerprint density at radius 1 is 0.615 bits per heavy atom. The molecule has 7 amide bonds. The summed E-state index contributed by atoms with van der Waals surface area (Å²) in [6, 6.07) is -9.37. The number of aliphatic imine (C=N–C) groups is 2. The van der Waals surface area contributed by atoms with Crippen molar-refractivity contribution in [1.29, 1.82) is 0 Å². The van der Waals surface area contributed by atoms with E-state index in [4.69, 9.17) is 22.9 Å². The molecule has 0 aromatic carbocycles. The minimum atomic E-state index is -1.66. The average Bonchev–Trinajstić information content (AvgIpc) is 3.78. The topological polar surface area (TPSA) is 402 Å². The van der Waals surface area contributed by atoms with Crippen LogP contribution >= 0.6 is 0 Å². The highest BCUT2D eigenvalue weighted by atomic mass is 16.4. The second-order valence-electron chi connectivity index (χ2n) is 17.2. The Morgan fingerprint density at radius 3 is 1.48 bits per heavy atom. The summed E-state index contributed by atoms with van der Waals surface area (Å²) in [4.78, 5) is 114. The molecule has 18 N–H and O–H groups in total. The number of aliphatic carboxylic acids is 1. The lowest BCUT2D eigenvalue weighted by atomic mass is 9.95. The number of aliphatic hydroxyl groups is 1. The number of carbonyl (C=O) groups excluding carboxylic acids is 7. The molecule has 0 saturated carbocycles. The number of carboxylic acid groups (broad SMARTS) is 1. The van der Waals surface area contributed by atoms with E-state index in [1.807, 2.05) is 34.6 Å². The van der Waals surface area contributed by atoms with Crippen LogP contribution in [0.15, 0.2) is 9.98 Å². The van der Waals surface area contributed by atoms with E-state index in [2.05, 4.69) is 52.5 Å². The summed E-state index contributed by atoms with van der Waals surface area (Å²) < 4.78 is 0. The maximum atomic E-state index is 14.1. The third kappa shape index (κ3) is 22.1. The smallest absolute Gasteiger partial charge is 0.325 e. The second-order valence-corrected chi connectivity index (χ2v) is 17.2. The van der Waals surface area contributed by atoms with E-state index < -0.39 is 102 Å². The van der Waals surface area contributed by atoms with Crippen molar-refractivity contribution in [2.75, 3.05) is 26.2 Å². The van der Waals surface area contributed by atoms with E-state index in [0.29, 0.717) is 25.8 Å². The number of hydrogen-bond donors (Lipinski definition) is 14. The van der Waals surface area contributed by atoms with Crippen molar-refractivity contribution in [3.63, 3.8) is 0 Å². The van der Waals surface area contributed by atoms with Gasteiger partial charge in [-0.1, -0.05) is 48.0 Å². The lowest BCUT2D eigenvalue weighted by molar-refractivity contribution is -0.142. The van der Waals surface area contributed by atoms with Crippen molar-refractivity contribution in [2.45, 2.75) is 155 Å². The SMILES string of the molecule is CCC(C)C(NC(=O)C(CC(C)C)NC(=O)C1CCCN1)C(=O)NC(CC(C)C)C(=O)NC(CCCN=C(N)N)C(=O)NC(CO)C(=O)NC(CCCN=C(N)N)C(=O)NC(C)C(=O)O. The molecule has 0 aliphatic carbocycles. The molecule has 0 spiro atoms. The minimum Gasteiger partial charge on any atom is -0.480 e. The number of nitrogens with zero attached hydrogens (tertiary/aromatic N) is 2. The van der Waals surface area contributed by atoms with Gasteiger partial charge in [-0.05, 0) is 82.6 Å². The quantitative estimate of drug-likeness (QED) is 0.0189. The first kappa shape index (κ1) is 57.2. The third-order valence-electron chi connectivity index (χ3n) is 10.6. The predicted molar refractivity (Wildman–Crippen MR) is 243 cm³/mol. The van der Waals surface area contributed by atoms with Gasteiger partial charge in [0.15, 0.2) is 11.9 Å². The normalized spacial score (nSPS) is 17.1. The Labute approximate surface area is 381 Å². The van der Waals surface area contributed by atoms with Crippen LogP contribution in [0.25, 0.3) is 0 Å². The summed E-state index contributed by atoms with van der Waals surface area (Å²) in [5.41, 5.74) is 21.7. The van der Waals surface area contributed by atoms with Crippen LogP contribution in [0.3, 0.4) is 0 Å². The van der Waals surface area contributed by atoms with Gasteiger partial charge in [-0.25, -0.2) is 0 Å². The van der Waals surface area contributed by atoms with Gasteiger partial charge >= 0.3 is 5.97 Å². The van der Waals surface area contributed by atoms with Crippen LogP contribution in [-0.2, 0) is 38.4 Å². The van der Waals surface area contributed by atoms with Crippen molar-refractivity contribution in [3.05, 3.63) is 0 Å². The Kier molecular flexibility index (Phi) is 26.1. The molecule has 370 valence electrons. The van der Waals surface area contributed by atoms with Crippen molar-refractivity contribution in [1.82, 2.24) is 42.5 Å². The number of guanidine groups is 2. The highest BCUT2D eigenvalue weighted by molar-refractivity contribution is 5.97. The lowest BCUT2D eigenvalue weighted by Gasteiger charge is -2.30. The van der Waals surface area contributed by atoms with E-state index in [9.17, 15) is 48.6 Å². The zero-order valence-corrected chi connectivity index (χ0v) is 38.9. The molecule has 1 heterocycles. The number of nitrogens with one attached hydrogen (secondary N) is 8. The number of hydrogen-bond acceptors (Lipinski definition) is 12. The number of carbonyl (C=O) groups is 8. The predicted octanol–water partition coefficient (Wildman–Crippen LogP) is -3.53. The molecular formula is C41H76N14O10. The first-order valence-corrected chi connectivity index (χ1v) is 22.3. The molecule has 65 heavy (non-hydrogen) atoms. The molecule has 0 radical (unpaired) electrons. The van der Waals surface area contributed by atoms with Crippen LogP contribution in [0.4, 0.5) is 0 Å². The van der Waals surface area contributed by atoms with Crippen molar-refractivity contribution < 1.29 is 48.6 Å². The molecule has 9 unspecified atom stereocenters. The Bertz CT molecular complexity index is 1650. The zero-order valence-electron chi connectivity index (χ0n) is 38.9. The molecule has 1 saturated heterocycles. The van der Waals surface area contributed by atoms with Gasteiger partial charge in [-0.3, -0.25) is 48.3 Å². The fraction of sp³-hybridized carbons (Fsp3) is 0.756. The summed E-state index contributed by atoms with van der Waals surface area (Å²) in [6.45, 7) is 12.1. The van der Waals surface area contributed by atoms with Crippen LogP contribution in [0.2, 0.25) is 0 Å². The van der Waals surface area contributed by atoms with Crippen molar-refractivity contribution in [3.8, 4) is 0 Å². The summed E-state index contributed by atoms with van der Waals surface area (Å²) in [5, 5.41) is 40.8. The Hall–Kier alpha value is -5.78. The summed E-state index contributed by atoms with van der Waals surface area (Å²) in [5.74, 6) is -7.39. The van der Waals surface area contributed by atoms with E-state index in [1.165, 1.54) is 6.92 Å². The molecule has 9 atom stereocenters. The maximum Gasteiger partial charge on any atom is 0.325 e. The molecular weight excluding hydrogens is 849 g/mol. The molecule has 0 bridgehead atoms. The lowest BCUT2D eigenvalue weighted by Crippen LogP contribution is -2.61. The van der Waals surface area contributed by atoms with Crippen molar-refractivity contribution in [2.24, 2.45) is 50.7 Å². The third-order valence-corrected chi connectivity index (χ3v) is 10.6. The van der Waals surface area contributed by atoms with Crippen LogP contribution in [-0.4, -0.2) is 144 Å². The molecule has 24 nitrogen and oxygen atoms in total. The van der Waals surface area contributed by atoms with Gasteiger partial charge in [0.1, 0.15) is 42.3 Å². The highest BCUT2D eigenvalue weighted by Gasteiger charge is 2.36. The standard InChI is InChI=1S/C41H76N14O10/c1-8-23(6)31(55-36(61)29(19-22(4)5)52-32(57)25-12-9-15-46-25)38(63)53-28(18-21(2)3)35(60)50-27(14-11-17-48-41(44)45)34(59)54-30(20-56)37(62)51-26(13-10-16-47-40(42)43)33(58)49-24(7)39(64)65/h21-31,46,56H,8-20H2,1-7H3,(H,49,58)(H,50,60)(H,51,62)(H,52,57)(H,53,63)(H,54,59)(H,55,61)(H,64,65)(H4,42,43,47)(H4,44,45,48). The fourth-order valence-corrected chi connectivity index (χ4v) is 6.74. The van der Waals surface area contributed by atoms with Gasteiger partial charge in [0, 0.05) is 13.1 Å². The van der Waals surface area contributed by atoms with Crippen LogP contribution in [0.1, 0.15) is 106 Å². The van der Waals surface area contributed by atoms with Crippen molar-refractivity contribution >= 4 is 59.2 Å². The molecule has 1 aliphatic rings. The first-order chi connectivity index (χ1) is 30.5. The van der Waals surface area contributed by atoms with Gasteiger partial charge in [0.2, 0.25) is 41.4 Å². The van der Waals surface area contributed by atoms with E-state index in [1.54, 1.807) is 6.92 Å². The number of carboxylic acids is 1. The monoisotopic (exact) mass is 925 g/mol. The minimum absolute atomic E-state index is 0.0231. The molecule has 0 aromatic rings. The van der Waals surface area contributed by atoms with Crippen LogP contribution in [0, 0.1) is 17.8 Å². The molecule has 1 rings (SSSR count). The van der Waals surface area contributed by atoms with Gasteiger partial charge in [-0.15, -0.1) is 0 Å². The van der Waals surface area contributed by atoms with Gasteiger partial charge in [0.05, 0.1) is 12.6 Å². The first-order valence-electron chi connectivity index (χ1n) is 22.3. The number of rotatable bonds is 30. The number of amides is 7. The van der Waals surface area contributed by atoms with E-state index >= 15 is 0 Å². The summed E-state index contributed by atoms with van der Waals surface area (Å²) in [7, 11) is 0. The largest absolute Gasteiger partial charge is 0.480 e. The molecule has 1 fully saturated rings. The average molecular weight is 925 g/mol. The van der Waals surface area contributed by atoms with Crippen LogP contribution < -0.4 is 65.5 Å². The summed E-state index contributed by atoms with van der Waals surface area (Å²) >= 11 is 0.